The summed E-state index contributed by atoms with van der Waals surface area (Å²) in [5.74, 6) is 0.611. The van der Waals surface area contributed by atoms with Gasteiger partial charge in [-0.1, -0.05) is 0 Å². The number of carbonyl (C=O) groups excluding carboxylic acids is 1. The summed E-state index contributed by atoms with van der Waals surface area (Å²) in [7, 11) is 0. The Kier molecular flexibility index (Phi) is 4.21. The number of aryl methyl sites for hydroxylation is 1. The van der Waals surface area contributed by atoms with E-state index in [1.54, 1.807) is 24.5 Å². The maximum absolute atomic E-state index is 12.2. The number of amides is 1. The Morgan fingerprint density at radius 3 is 2.89 bits per heavy atom. The van der Waals surface area contributed by atoms with E-state index in [9.17, 15) is 4.79 Å². The Hall–Kier alpha value is -1.82. The zero-order chi connectivity index (χ0) is 13.8. The summed E-state index contributed by atoms with van der Waals surface area (Å²) >= 11 is 1.46. The van der Waals surface area contributed by atoms with Crippen LogP contribution in [0.5, 0.6) is 0 Å². The molecule has 0 bridgehead atoms. The zero-order valence-electron chi connectivity index (χ0n) is 11.1. The zero-order valence-corrected chi connectivity index (χ0v) is 11.9. The quantitative estimate of drug-likeness (QED) is 0.841. The van der Waals surface area contributed by atoms with Crippen molar-refractivity contribution < 1.29 is 4.79 Å². The van der Waals surface area contributed by atoms with Crippen LogP contribution in [-0.2, 0) is 0 Å². The number of nitrogens with zero attached hydrogens (tertiary/aromatic N) is 2. The van der Waals surface area contributed by atoms with E-state index in [-0.39, 0.29) is 11.9 Å². The molecule has 2 aromatic rings. The third-order valence-electron chi connectivity index (χ3n) is 2.69. The van der Waals surface area contributed by atoms with Gasteiger partial charge in [-0.25, -0.2) is 9.97 Å². The molecule has 0 spiro atoms. The van der Waals surface area contributed by atoms with Gasteiger partial charge in [-0.2, -0.15) is 0 Å². The summed E-state index contributed by atoms with van der Waals surface area (Å²) in [5.41, 5.74) is 1.56. The fourth-order valence-corrected chi connectivity index (χ4v) is 2.27. The summed E-state index contributed by atoms with van der Waals surface area (Å²) in [4.78, 5) is 23.7. The molecule has 0 saturated heterocycles. The lowest BCUT2D eigenvalue weighted by atomic mass is 10.2. The lowest BCUT2D eigenvalue weighted by Crippen LogP contribution is -2.28. The molecular formula is C13H16N4OS. The summed E-state index contributed by atoms with van der Waals surface area (Å²) < 4.78 is 0. The van der Waals surface area contributed by atoms with Gasteiger partial charge in [0.05, 0.1) is 11.6 Å². The average molecular weight is 276 g/mol. The molecule has 0 radical (unpaired) electrons. The van der Waals surface area contributed by atoms with Gasteiger partial charge in [0.25, 0.3) is 5.91 Å². The van der Waals surface area contributed by atoms with E-state index < -0.39 is 0 Å². The van der Waals surface area contributed by atoms with Crippen LogP contribution in [0.1, 0.15) is 34.8 Å². The molecule has 5 nitrogen and oxygen atoms in total. The number of imidazole rings is 1. The lowest BCUT2D eigenvalue weighted by Gasteiger charge is -2.12. The highest BCUT2D eigenvalue weighted by Crippen LogP contribution is 2.18. The first-order valence-corrected chi connectivity index (χ1v) is 7.15. The normalized spacial score (nSPS) is 12.2. The molecule has 0 fully saturated rings. The molecule has 2 N–H and O–H groups in total. The van der Waals surface area contributed by atoms with E-state index in [1.165, 1.54) is 11.8 Å². The Bertz CT molecular complexity index is 582. The monoisotopic (exact) mass is 276 g/mol. The van der Waals surface area contributed by atoms with Gasteiger partial charge in [0.15, 0.2) is 0 Å². The van der Waals surface area contributed by atoms with E-state index in [0.29, 0.717) is 5.56 Å². The number of rotatable bonds is 4. The Balaban J connectivity index is 2.12. The fourth-order valence-electron chi connectivity index (χ4n) is 1.72. The molecule has 0 aliphatic heterocycles. The topological polar surface area (TPSA) is 70.7 Å². The highest BCUT2D eigenvalue weighted by molar-refractivity contribution is 7.98. The lowest BCUT2D eigenvalue weighted by molar-refractivity contribution is 0.0934. The predicted octanol–water partition coefficient (Wildman–Crippen LogP) is 2.33. The highest BCUT2D eigenvalue weighted by atomic mass is 32.2. The Labute approximate surface area is 116 Å². The van der Waals surface area contributed by atoms with Crippen LogP contribution in [0.4, 0.5) is 0 Å². The molecule has 6 heteroatoms. The van der Waals surface area contributed by atoms with Crippen LogP contribution >= 0.6 is 11.8 Å². The first-order valence-electron chi connectivity index (χ1n) is 5.93. The number of pyridine rings is 1. The molecule has 0 saturated carbocycles. The molecule has 1 amide bonds. The first-order chi connectivity index (χ1) is 9.11. The van der Waals surface area contributed by atoms with E-state index in [0.717, 1.165) is 16.5 Å². The second-order valence-electron chi connectivity index (χ2n) is 4.21. The van der Waals surface area contributed by atoms with E-state index >= 15 is 0 Å². The van der Waals surface area contributed by atoms with Crippen LogP contribution in [0.15, 0.2) is 29.6 Å². The van der Waals surface area contributed by atoms with Crippen molar-refractivity contribution in [3.05, 3.63) is 41.6 Å². The third kappa shape index (κ3) is 3.14. The number of aromatic nitrogens is 3. The second-order valence-corrected chi connectivity index (χ2v) is 5.00. The van der Waals surface area contributed by atoms with Gasteiger partial charge in [-0.3, -0.25) is 4.79 Å². The molecule has 0 aliphatic rings. The molecular weight excluding hydrogens is 260 g/mol. The number of thioether (sulfide) groups is 1. The minimum atomic E-state index is -0.170. The maximum atomic E-state index is 12.2. The fraction of sp³-hybridized carbons (Fsp3) is 0.308. The standard InChI is InChI=1S/C13H16N4OS/c1-8-7-15-11(16-8)9(2)17-12(18)10-5-4-6-14-13(10)19-3/h4-7,9H,1-3H3,(H,15,16)(H,17,18)/t9-/m1/s1. The van der Waals surface area contributed by atoms with E-state index in [2.05, 4.69) is 20.3 Å². The number of hydrogen-bond donors (Lipinski definition) is 2. The number of nitrogens with one attached hydrogen (secondary N) is 2. The summed E-state index contributed by atoms with van der Waals surface area (Å²) in [6, 6.07) is 3.36. The van der Waals surface area contributed by atoms with E-state index in [1.807, 2.05) is 20.1 Å². The molecule has 2 rings (SSSR count). The minimum Gasteiger partial charge on any atom is -0.344 e. The predicted molar refractivity (Wildman–Crippen MR) is 75.2 cm³/mol. The maximum Gasteiger partial charge on any atom is 0.254 e. The first kappa shape index (κ1) is 13.6. The van der Waals surface area contributed by atoms with Gasteiger partial charge < -0.3 is 10.3 Å². The van der Waals surface area contributed by atoms with Crippen molar-refractivity contribution in [3.63, 3.8) is 0 Å². The molecule has 1 atom stereocenters. The van der Waals surface area contributed by atoms with Crippen LogP contribution in [0.2, 0.25) is 0 Å². The van der Waals surface area contributed by atoms with Gasteiger partial charge >= 0.3 is 0 Å². The van der Waals surface area contributed by atoms with Crippen LogP contribution in [0, 0.1) is 6.92 Å². The van der Waals surface area contributed by atoms with Crippen molar-refractivity contribution >= 4 is 17.7 Å². The number of aromatic amines is 1. The van der Waals surface area contributed by atoms with Gasteiger partial charge in [-0.15, -0.1) is 11.8 Å². The smallest absolute Gasteiger partial charge is 0.254 e. The number of hydrogen-bond acceptors (Lipinski definition) is 4. The number of H-pyrrole nitrogens is 1. The van der Waals surface area contributed by atoms with E-state index in [4.69, 9.17) is 0 Å². The molecule has 2 heterocycles. The highest BCUT2D eigenvalue weighted by Gasteiger charge is 2.16. The van der Waals surface area contributed by atoms with Crippen molar-refractivity contribution in [1.82, 2.24) is 20.3 Å². The molecule has 2 aromatic heterocycles. The SMILES string of the molecule is CSc1ncccc1C(=O)N[C@H](C)c1ncc(C)[nH]1. The van der Waals surface area contributed by atoms with Crippen molar-refractivity contribution in [2.75, 3.05) is 6.26 Å². The van der Waals surface area contributed by atoms with Crippen molar-refractivity contribution in [2.24, 2.45) is 0 Å². The molecule has 0 unspecified atom stereocenters. The largest absolute Gasteiger partial charge is 0.344 e. The minimum absolute atomic E-state index is 0.140. The van der Waals surface area contributed by atoms with Gasteiger partial charge in [0.2, 0.25) is 0 Å². The van der Waals surface area contributed by atoms with Crippen molar-refractivity contribution in [1.29, 1.82) is 0 Å². The van der Waals surface area contributed by atoms with Crippen LogP contribution in [0.25, 0.3) is 0 Å². The second kappa shape index (κ2) is 5.88. The van der Waals surface area contributed by atoms with Gasteiger partial charge in [0, 0.05) is 18.1 Å². The summed E-state index contributed by atoms with van der Waals surface area (Å²) in [6.07, 6.45) is 5.33. The Morgan fingerprint density at radius 1 is 1.47 bits per heavy atom. The van der Waals surface area contributed by atoms with Gasteiger partial charge in [-0.05, 0) is 32.2 Å². The van der Waals surface area contributed by atoms with Crippen molar-refractivity contribution in [2.45, 2.75) is 24.9 Å². The molecule has 0 aromatic carbocycles. The van der Waals surface area contributed by atoms with Crippen molar-refractivity contribution in [3.8, 4) is 0 Å². The molecule has 100 valence electrons. The Morgan fingerprint density at radius 2 is 2.26 bits per heavy atom. The van der Waals surface area contributed by atoms with Crippen LogP contribution in [-0.4, -0.2) is 27.1 Å². The van der Waals surface area contributed by atoms with Crippen LogP contribution in [0.3, 0.4) is 0 Å². The summed E-state index contributed by atoms with van der Waals surface area (Å²) in [6.45, 7) is 3.82. The van der Waals surface area contributed by atoms with Crippen LogP contribution < -0.4 is 5.32 Å². The third-order valence-corrected chi connectivity index (χ3v) is 3.40. The summed E-state index contributed by atoms with van der Waals surface area (Å²) in [5, 5.41) is 3.64. The molecule has 0 aliphatic carbocycles. The number of carbonyl (C=O) groups is 1. The van der Waals surface area contributed by atoms with Gasteiger partial charge in [0.1, 0.15) is 10.9 Å². The average Bonchev–Trinajstić information content (AvgIpc) is 2.85. The molecule has 19 heavy (non-hydrogen) atoms.